The average molecular weight is 451 g/mol. The number of ether oxygens (including phenoxy) is 3. The molecule has 1 aliphatic heterocycles. The zero-order valence-electron chi connectivity index (χ0n) is 19.9. The number of nitrogens with zero attached hydrogens (tertiary/aromatic N) is 1. The Hall–Kier alpha value is -3.48. The molecule has 0 bridgehead atoms. The number of hydrogen-bond acceptors (Lipinski definition) is 5. The number of carbonyl (C=O) groups excluding carboxylic acids is 1. The van der Waals surface area contributed by atoms with E-state index in [1.165, 1.54) is 0 Å². The Morgan fingerprint density at radius 1 is 0.970 bits per heavy atom. The molecular formula is C26H30N2O5. The number of benzene rings is 2. The fraction of sp³-hybridized carbons (Fsp3) is 0.385. The first kappa shape index (κ1) is 22.7. The minimum absolute atomic E-state index is 0.0119. The van der Waals surface area contributed by atoms with Crippen molar-refractivity contribution in [3.05, 3.63) is 63.4 Å². The number of aromatic nitrogens is 1. The van der Waals surface area contributed by atoms with Crippen LogP contribution in [0.25, 0.3) is 10.9 Å². The Morgan fingerprint density at radius 2 is 1.67 bits per heavy atom. The van der Waals surface area contributed by atoms with Crippen molar-refractivity contribution in [1.29, 1.82) is 0 Å². The second-order valence-electron chi connectivity index (χ2n) is 9.31. The van der Waals surface area contributed by atoms with E-state index in [4.69, 9.17) is 14.2 Å². The van der Waals surface area contributed by atoms with E-state index in [9.17, 15) is 9.59 Å². The van der Waals surface area contributed by atoms with Crippen molar-refractivity contribution in [3.63, 3.8) is 0 Å². The maximum atomic E-state index is 13.5. The first-order valence-electron chi connectivity index (χ1n) is 10.9. The van der Waals surface area contributed by atoms with Crippen molar-refractivity contribution in [2.75, 3.05) is 27.9 Å². The van der Waals surface area contributed by atoms with Gasteiger partial charge in [-0.15, -0.1) is 0 Å². The average Bonchev–Trinajstić information content (AvgIpc) is 2.80. The first-order chi connectivity index (χ1) is 15.7. The summed E-state index contributed by atoms with van der Waals surface area (Å²) in [6.45, 7) is 6.19. The van der Waals surface area contributed by atoms with E-state index in [2.05, 4.69) is 4.98 Å². The zero-order valence-corrected chi connectivity index (χ0v) is 19.9. The molecular weight excluding hydrogens is 420 g/mol. The molecule has 3 aromatic rings. The monoisotopic (exact) mass is 450 g/mol. The van der Waals surface area contributed by atoms with Crippen molar-refractivity contribution in [2.24, 2.45) is 5.41 Å². The highest BCUT2D eigenvalue weighted by molar-refractivity contribution is 5.84. The Balaban J connectivity index is 1.96. The SMILES string of the molecule is COc1ccc2cc(C3c4cc(OC)c(OC)cc4CCN3C(=O)C(C)(C)C)c(=O)[nH]c2c1. The van der Waals surface area contributed by atoms with Crippen LogP contribution in [0.2, 0.25) is 0 Å². The van der Waals surface area contributed by atoms with E-state index in [-0.39, 0.29) is 11.5 Å². The van der Waals surface area contributed by atoms with E-state index in [1.807, 2.05) is 56.0 Å². The molecule has 0 radical (unpaired) electrons. The molecule has 7 nitrogen and oxygen atoms in total. The largest absolute Gasteiger partial charge is 0.497 e. The van der Waals surface area contributed by atoms with Crippen LogP contribution in [-0.2, 0) is 11.2 Å². The van der Waals surface area contributed by atoms with Gasteiger partial charge < -0.3 is 24.1 Å². The molecule has 1 unspecified atom stereocenters. The van der Waals surface area contributed by atoms with Crippen LogP contribution in [0.15, 0.2) is 41.2 Å². The molecule has 0 spiro atoms. The number of pyridine rings is 1. The smallest absolute Gasteiger partial charge is 0.254 e. The van der Waals surface area contributed by atoms with Gasteiger partial charge in [-0.1, -0.05) is 20.8 Å². The van der Waals surface area contributed by atoms with Gasteiger partial charge in [-0.2, -0.15) is 0 Å². The Kier molecular flexibility index (Phi) is 5.82. The molecule has 0 aliphatic carbocycles. The van der Waals surface area contributed by atoms with Gasteiger partial charge >= 0.3 is 0 Å². The van der Waals surface area contributed by atoms with Crippen LogP contribution in [-0.4, -0.2) is 43.7 Å². The van der Waals surface area contributed by atoms with Crippen molar-refractivity contribution in [1.82, 2.24) is 9.88 Å². The third-order valence-corrected chi connectivity index (χ3v) is 6.15. The van der Waals surface area contributed by atoms with Gasteiger partial charge in [0.05, 0.1) is 32.9 Å². The van der Waals surface area contributed by atoms with Gasteiger partial charge in [0.2, 0.25) is 5.91 Å². The number of nitrogens with one attached hydrogen (secondary N) is 1. The molecule has 1 atom stereocenters. The number of fused-ring (bicyclic) bond motifs is 2. The Morgan fingerprint density at radius 3 is 2.30 bits per heavy atom. The van der Waals surface area contributed by atoms with Gasteiger partial charge in [0.25, 0.3) is 5.56 Å². The summed E-state index contributed by atoms with van der Waals surface area (Å²) in [5.74, 6) is 1.84. The summed E-state index contributed by atoms with van der Waals surface area (Å²) in [4.78, 5) is 31.6. The van der Waals surface area contributed by atoms with Gasteiger partial charge in [0.1, 0.15) is 5.75 Å². The number of amides is 1. The number of carbonyl (C=O) groups is 1. The molecule has 1 N–H and O–H groups in total. The van der Waals surface area contributed by atoms with Crippen molar-refractivity contribution < 1.29 is 19.0 Å². The van der Waals surface area contributed by atoms with E-state index in [0.717, 1.165) is 16.5 Å². The molecule has 1 aliphatic rings. The van der Waals surface area contributed by atoms with Crippen LogP contribution < -0.4 is 19.8 Å². The second-order valence-corrected chi connectivity index (χ2v) is 9.31. The van der Waals surface area contributed by atoms with Crippen LogP contribution in [0.3, 0.4) is 0 Å². The number of hydrogen-bond donors (Lipinski definition) is 1. The number of aromatic amines is 1. The number of methoxy groups -OCH3 is 3. The number of H-pyrrole nitrogens is 1. The molecule has 174 valence electrons. The van der Waals surface area contributed by atoms with Crippen molar-refractivity contribution in [2.45, 2.75) is 33.2 Å². The highest BCUT2D eigenvalue weighted by Crippen LogP contribution is 2.42. The topological polar surface area (TPSA) is 80.9 Å². The third-order valence-electron chi connectivity index (χ3n) is 6.15. The molecule has 0 fully saturated rings. The maximum absolute atomic E-state index is 13.5. The molecule has 0 saturated heterocycles. The minimum Gasteiger partial charge on any atom is -0.497 e. The highest BCUT2D eigenvalue weighted by atomic mass is 16.5. The summed E-state index contributed by atoms with van der Waals surface area (Å²) in [5, 5.41) is 0.862. The number of rotatable bonds is 4. The molecule has 1 amide bonds. The normalized spacial score (nSPS) is 15.8. The zero-order chi connectivity index (χ0) is 23.9. The van der Waals surface area contributed by atoms with E-state index < -0.39 is 11.5 Å². The van der Waals surface area contributed by atoms with Crippen molar-refractivity contribution >= 4 is 16.8 Å². The molecule has 4 rings (SSSR count). The maximum Gasteiger partial charge on any atom is 0.254 e. The first-order valence-corrected chi connectivity index (χ1v) is 10.9. The molecule has 7 heteroatoms. The Labute approximate surface area is 193 Å². The van der Waals surface area contributed by atoms with E-state index in [0.29, 0.717) is 41.3 Å². The molecule has 2 heterocycles. The minimum atomic E-state index is -0.594. The van der Waals surface area contributed by atoms with Gasteiger partial charge in [-0.3, -0.25) is 9.59 Å². The van der Waals surface area contributed by atoms with Crippen LogP contribution in [0.5, 0.6) is 17.2 Å². The summed E-state index contributed by atoms with van der Waals surface area (Å²) in [6.07, 6.45) is 0.663. The summed E-state index contributed by atoms with van der Waals surface area (Å²) >= 11 is 0. The van der Waals surface area contributed by atoms with Crippen molar-refractivity contribution in [3.8, 4) is 17.2 Å². The van der Waals surface area contributed by atoms with Gasteiger partial charge in [0.15, 0.2) is 11.5 Å². The predicted octanol–water partition coefficient (Wildman–Crippen LogP) is 4.07. The standard InChI is InChI=1S/C26H30N2O5/c1-26(2,3)25(30)28-10-9-15-12-21(32-5)22(33-6)14-18(15)23(28)19-11-16-7-8-17(31-4)13-20(16)27-24(19)29/h7-8,11-14,23H,9-10H2,1-6H3,(H,27,29). The predicted molar refractivity (Wildman–Crippen MR) is 127 cm³/mol. The lowest BCUT2D eigenvalue weighted by molar-refractivity contribution is -0.141. The van der Waals surface area contributed by atoms with E-state index in [1.54, 1.807) is 27.4 Å². The van der Waals surface area contributed by atoms with Crippen LogP contribution >= 0.6 is 0 Å². The third kappa shape index (κ3) is 4.03. The van der Waals surface area contributed by atoms with Gasteiger partial charge in [0, 0.05) is 23.6 Å². The lowest BCUT2D eigenvalue weighted by Crippen LogP contribution is -2.47. The molecule has 1 aromatic heterocycles. The Bertz CT molecular complexity index is 1270. The molecule has 33 heavy (non-hydrogen) atoms. The second kappa shape index (κ2) is 8.46. The fourth-order valence-corrected chi connectivity index (χ4v) is 4.46. The lowest BCUT2D eigenvalue weighted by Gasteiger charge is -2.40. The van der Waals surface area contributed by atoms with E-state index >= 15 is 0 Å². The highest BCUT2D eigenvalue weighted by Gasteiger charge is 2.38. The lowest BCUT2D eigenvalue weighted by atomic mass is 9.85. The summed E-state index contributed by atoms with van der Waals surface area (Å²) in [6, 6.07) is 10.7. The summed E-state index contributed by atoms with van der Waals surface area (Å²) < 4.78 is 16.3. The van der Waals surface area contributed by atoms with Crippen LogP contribution in [0, 0.1) is 5.41 Å². The molecule has 0 saturated carbocycles. The van der Waals surface area contributed by atoms with Crippen LogP contribution in [0.1, 0.15) is 43.5 Å². The summed E-state index contributed by atoms with van der Waals surface area (Å²) in [5.41, 5.74) is 2.26. The molecule has 2 aromatic carbocycles. The van der Waals surface area contributed by atoms with Crippen LogP contribution in [0.4, 0.5) is 0 Å². The summed E-state index contributed by atoms with van der Waals surface area (Å²) in [7, 11) is 4.77. The quantitative estimate of drug-likeness (QED) is 0.648. The fourth-order valence-electron chi connectivity index (χ4n) is 4.46. The van der Waals surface area contributed by atoms with Gasteiger partial charge in [-0.25, -0.2) is 0 Å². The van der Waals surface area contributed by atoms with Gasteiger partial charge in [-0.05, 0) is 53.3 Å².